The van der Waals surface area contributed by atoms with Crippen LogP contribution in [0.1, 0.15) is 11.4 Å². The van der Waals surface area contributed by atoms with Crippen LogP contribution < -0.4 is 0 Å². The molecule has 7 heteroatoms. The first-order chi connectivity index (χ1) is 9.74. The Morgan fingerprint density at radius 2 is 2.10 bits per heavy atom. The zero-order chi connectivity index (χ0) is 13.9. The second kappa shape index (κ2) is 5.34. The predicted octanol–water partition coefficient (Wildman–Crippen LogP) is 2.91. The highest BCUT2D eigenvalue weighted by Gasteiger charge is 2.13. The highest BCUT2D eigenvalue weighted by molar-refractivity contribution is 6.31. The number of nitrogens with zero attached hydrogens (tertiary/aromatic N) is 4. The molecule has 0 N–H and O–H groups in total. The summed E-state index contributed by atoms with van der Waals surface area (Å²) in [5, 5.41) is 11.5. The Bertz CT molecular complexity index is 712. The summed E-state index contributed by atoms with van der Waals surface area (Å²) in [6, 6.07) is 6.20. The van der Waals surface area contributed by atoms with E-state index in [1.807, 2.05) is 0 Å². The number of hydrogen-bond acceptors (Lipinski definition) is 5. The SMILES string of the molecule is Fc1cccc(Cl)c1Cc1noc(-c2ccnnc2)n1. The summed E-state index contributed by atoms with van der Waals surface area (Å²) in [6.07, 6.45) is 3.19. The summed E-state index contributed by atoms with van der Waals surface area (Å²) in [7, 11) is 0. The molecule has 0 fully saturated rings. The Morgan fingerprint density at radius 3 is 2.85 bits per heavy atom. The molecule has 3 rings (SSSR count). The summed E-state index contributed by atoms with van der Waals surface area (Å²) in [5.41, 5.74) is 0.993. The molecule has 0 saturated carbocycles. The van der Waals surface area contributed by atoms with Crippen molar-refractivity contribution in [3.8, 4) is 11.5 Å². The van der Waals surface area contributed by atoms with Crippen LogP contribution in [0.5, 0.6) is 0 Å². The highest BCUT2D eigenvalue weighted by atomic mass is 35.5. The van der Waals surface area contributed by atoms with Gasteiger partial charge in [-0.25, -0.2) is 4.39 Å². The molecule has 3 aromatic rings. The lowest BCUT2D eigenvalue weighted by Crippen LogP contribution is -1.96. The van der Waals surface area contributed by atoms with Crippen LogP contribution in [-0.2, 0) is 6.42 Å². The normalized spacial score (nSPS) is 10.7. The van der Waals surface area contributed by atoms with E-state index in [9.17, 15) is 4.39 Å². The Morgan fingerprint density at radius 1 is 1.20 bits per heavy atom. The molecule has 20 heavy (non-hydrogen) atoms. The van der Waals surface area contributed by atoms with Crippen molar-refractivity contribution in [3.05, 3.63) is 58.9 Å². The van der Waals surface area contributed by atoms with Crippen molar-refractivity contribution in [2.75, 3.05) is 0 Å². The quantitative estimate of drug-likeness (QED) is 0.742. The lowest BCUT2D eigenvalue weighted by atomic mass is 10.1. The molecule has 0 atom stereocenters. The number of rotatable bonds is 3. The zero-order valence-electron chi connectivity index (χ0n) is 10.1. The van der Waals surface area contributed by atoms with Crippen molar-refractivity contribution in [3.63, 3.8) is 0 Å². The van der Waals surface area contributed by atoms with Crippen molar-refractivity contribution < 1.29 is 8.91 Å². The number of aromatic nitrogens is 4. The number of benzene rings is 1. The molecule has 2 heterocycles. The summed E-state index contributed by atoms with van der Waals surface area (Å²) >= 11 is 5.96. The molecule has 0 spiro atoms. The Labute approximate surface area is 118 Å². The smallest absolute Gasteiger partial charge is 0.259 e. The zero-order valence-corrected chi connectivity index (χ0v) is 10.9. The average molecular weight is 291 g/mol. The fourth-order valence-corrected chi connectivity index (χ4v) is 1.95. The van der Waals surface area contributed by atoms with E-state index < -0.39 is 5.82 Å². The topological polar surface area (TPSA) is 64.7 Å². The van der Waals surface area contributed by atoms with Crippen molar-refractivity contribution in [1.82, 2.24) is 20.3 Å². The van der Waals surface area contributed by atoms with Gasteiger partial charge in [-0.05, 0) is 18.2 Å². The third-order valence-electron chi connectivity index (χ3n) is 2.70. The summed E-state index contributed by atoms with van der Waals surface area (Å²) in [6.45, 7) is 0. The molecule has 0 amide bonds. The van der Waals surface area contributed by atoms with Gasteiger partial charge in [0.25, 0.3) is 5.89 Å². The van der Waals surface area contributed by atoms with Gasteiger partial charge in [0.1, 0.15) is 5.82 Å². The number of hydrogen-bond donors (Lipinski definition) is 0. The van der Waals surface area contributed by atoms with Gasteiger partial charge < -0.3 is 4.52 Å². The second-order valence-electron chi connectivity index (χ2n) is 4.02. The van der Waals surface area contributed by atoms with Gasteiger partial charge in [-0.3, -0.25) is 0 Å². The molecule has 5 nitrogen and oxygen atoms in total. The van der Waals surface area contributed by atoms with E-state index >= 15 is 0 Å². The first-order valence-corrected chi connectivity index (χ1v) is 6.14. The summed E-state index contributed by atoms with van der Waals surface area (Å²) in [4.78, 5) is 4.19. The molecule has 0 aliphatic rings. The predicted molar refractivity (Wildman–Crippen MR) is 69.5 cm³/mol. The maximum absolute atomic E-state index is 13.7. The van der Waals surface area contributed by atoms with Gasteiger partial charge in [-0.15, -0.1) is 0 Å². The first-order valence-electron chi connectivity index (χ1n) is 5.76. The van der Waals surface area contributed by atoms with Gasteiger partial charge >= 0.3 is 0 Å². The fourth-order valence-electron chi connectivity index (χ4n) is 1.72. The minimum absolute atomic E-state index is 0.160. The Hall–Kier alpha value is -2.34. The van der Waals surface area contributed by atoms with Crippen molar-refractivity contribution >= 4 is 11.6 Å². The molecular formula is C13H8ClFN4O. The van der Waals surface area contributed by atoms with E-state index in [-0.39, 0.29) is 6.42 Å². The molecule has 2 aromatic heterocycles. The van der Waals surface area contributed by atoms with Crippen LogP contribution in [-0.4, -0.2) is 20.3 Å². The van der Waals surface area contributed by atoms with Crippen LogP contribution in [0, 0.1) is 5.82 Å². The molecule has 0 aliphatic carbocycles. The third-order valence-corrected chi connectivity index (χ3v) is 3.05. The maximum Gasteiger partial charge on any atom is 0.259 e. The largest absolute Gasteiger partial charge is 0.334 e. The monoisotopic (exact) mass is 290 g/mol. The second-order valence-corrected chi connectivity index (χ2v) is 4.43. The third kappa shape index (κ3) is 2.50. The lowest BCUT2D eigenvalue weighted by molar-refractivity contribution is 0.423. The van der Waals surface area contributed by atoms with Crippen LogP contribution in [0.15, 0.2) is 41.2 Å². The van der Waals surface area contributed by atoms with Gasteiger partial charge in [0, 0.05) is 17.0 Å². The molecule has 0 bridgehead atoms. The molecule has 0 unspecified atom stereocenters. The van der Waals surface area contributed by atoms with E-state index in [0.29, 0.717) is 27.9 Å². The minimum atomic E-state index is -0.394. The van der Waals surface area contributed by atoms with Crippen LogP contribution >= 0.6 is 11.6 Å². The van der Waals surface area contributed by atoms with E-state index in [4.69, 9.17) is 16.1 Å². The molecule has 100 valence electrons. The summed E-state index contributed by atoms with van der Waals surface area (Å²) in [5.74, 6) is 0.264. The van der Waals surface area contributed by atoms with Crippen LogP contribution in [0.2, 0.25) is 5.02 Å². The van der Waals surface area contributed by atoms with E-state index in [1.165, 1.54) is 18.5 Å². The molecule has 0 saturated heterocycles. The minimum Gasteiger partial charge on any atom is -0.334 e. The highest BCUT2D eigenvalue weighted by Crippen LogP contribution is 2.22. The molecule has 0 radical (unpaired) electrons. The van der Waals surface area contributed by atoms with Crippen molar-refractivity contribution in [2.24, 2.45) is 0 Å². The van der Waals surface area contributed by atoms with Crippen molar-refractivity contribution in [2.45, 2.75) is 6.42 Å². The molecule has 1 aromatic carbocycles. The maximum atomic E-state index is 13.7. The van der Waals surface area contributed by atoms with Gasteiger partial charge in [-0.1, -0.05) is 22.8 Å². The van der Waals surface area contributed by atoms with E-state index in [0.717, 1.165) is 0 Å². The molecular weight excluding hydrogens is 283 g/mol. The summed E-state index contributed by atoms with van der Waals surface area (Å²) < 4.78 is 18.8. The Balaban J connectivity index is 1.88. The lowest BCUT2D eigenvalue weighted by Gasteiger charge is -2.01. The fraction of sp³-hybridized carbons (Fsp3) is 0.0769. The van der Waals surface area contributed by atoms with Gasteiger partial charge in [0.2, 0.25) is 0 Å². The van der Waals surface area contributed by atoms with E-state index in [1.54, 1.807) is 18.2 Å². The average Bonchev–Trinajstić information content (AvgIpc) is 2.93. The van der Waals surface area contributed by atoms with Gasteiger partial charge in [0.05, 0.1) is 18.0 Å². The van der Waals surface area contributed by atoms with Crippen LogP contribution in [0.25, 0.3) is 11.5 Å². The van der Waals surface area contributed by atoms with Gasteiger partial charge in [-0.2, -0.15) is 15.2 Å². The van der Waals surface area contributed by atoms with Crippen LogP contribution in [0.4, 0.5) is 4.39 Å². The number of halogens is 2. The van der Waals surface area contributed by atoms with E-state index in [2.05, 4.69) is 20.3 Å². The Kier molecular flexibility index (Phi) is 3.39. The van der Waals surface area contributed by atoms with Gasteiger partial charge in [0.15, 0.2) is 5.82 Å². The molecule has 0 aliphatic heterocycles. The standard InChI is InChI=1S/C13H8ClFN4O/c14-10-2-1-3-11(15)9(10)6-12-18-13(20-19-12)8-4-5-16-17-7-8/h1-5,7H,6H2. The first kappa shape index (κ1) is 12.7. The van der Waals surface area contributed by atoms with Crippen LogP contribution in [0.3, 0.4) is 0 Å². The van der Waals surface area contributed by atoms with Crippen molar-refractivity contribution in [1.29, 1.82) is 0 Å².